The third kappa shape index (κ3) is 3.56. The number of carbonyl (C=O) groups is 1. The summed E-state index contributed by atoms with van der Waals surface area (Å²) in [4.78, 5) is 11.0. The van der Waals surface area contributed by atoms with Gasteiger partial charge in [0.25, 0.3) is 0 Å². The van der Waals surface area contributed by atoms with Gasteiger partial charge in [-0.2, -0.15) is 0 Å². The van der Waals surface area contributed by atoms with Gasteiger partial charge in [0.2, 0.25) is 0 Å². The van der Waals surface area contributed by atoms with Crippen molar-refractivity contribution in [2.75, 3.05) is 11.9 Å². The fraction of sp³-hybridized carbons (Fsp3) is 0.588. The molecule has 0 radical (unpaired) electrons. The summed E-state index contributed by atoms with van der Waals surface area (Å²) in [5.41, 5.74) is 2.14. The zero-order chi connectivity index (χ0) is 15.5. The molecule has 1 aliphatic rings. The number of rotatable bonds is 5. The second-order valence-electron chi connectivity index (χ2n) is 5.91. The van der Waals surface area contributed by atoms with Gasteiger partial charge in [-0.25, -0.2) is 4.79 Å². The smallest absolute Gasteiger partial charge is 0.335 e. The summed E-state index contributed by atoms with van der Waals surface area (Å²) >= 11 is 0. The van der Waals surface area contributed by atoms with E-state index in [-0.39, 0.29) is 5.60 Å². The lowest BCUT2D eigenvalue weighted by atomic mass is 9.86. The average Bonchev–Trinajstić information content (AvgIpc) is 2.47. The number of anilines is 1. The molecule has 1 saturated heterocycles. The van der Waals surface area contributed by atoms with Crippen molar-refractivity contribution in [1.82, 2.24) is 0 Å². The first-order valence-electron chi connectivity index (χ1n) is 7.74. The van der Waals surface area contributed by atoms with Crippen LogP contribution < -0.4 is 5.32 Å². The molecule has 0 aromatic heterocycles. The maximum Gasteiger partial charge on any atom is 0.335 e. The molecule has 0 bridgehead atoms. The predicted molar refractivity (Wildman–Crippen MR) is 84.0 cm³/mol. The number of aromatic carboxylic acids is 1. The van der Waals surface area contributed by atoms with Crippen LogP contribution in [0.4, 0.5) is 5.69 Å². The third-order valence-corrected chi connectivity index (χ3v) is 4.61. The summed E-state index contributed by atoms with van der Waals surface area (Å²) in [6.45, 7) is 6.97. The Bertz CT molecular complexity index is 509. The third-order valence-electron chi connectivity index (χ3n) is 4.61. The normalized spacial score (nSPS) is 21.0. The summed E-state index contributed by atoms with van der Waals surface area (Å²) in [6.07, 6.45) is 4.04. The summed E-state index contributed by atoms with van der Waals surface area (Å²) in [6, 6.07) is 5.82. The van der Waals surface area contributed by atoms with Gasteiger partial charge in [0.15, 0.2) is 0 Å². The topological polar surface area (TPSA) is 58.6 Å². The van der Waals surface area contributed by atoms with E-state index in [1.807, 2.05) is 19.1 Å². The van der Waals surface area contributed by atoms with Gasteiger partial charge in [-0.1, -0.05) is 13.8 Å². The Hall–Kier alpha value is -1.55. The van der Waals surface area contributed by atoms with E-state index in [1.165, 1.54) is 0 Å². The number of ether oxygens (including phenoxy) is 1. The summed E-state index contributed by atoms with van der Waals surface area (Å²) in [7, 11) is 0. The van der Waals surface area contributed by atoms with Crippen LogP contribution in [0.15, 0.2) is 18.2 Å². The average molecular weight is 291 g/mol. The first-order chi connectivity index (χ1) is 9.99. The summed E-state index contributed by atoms with van der Waals surface area (Å²) in [5.74, 6) is -0.874. The fourth-order valence-electron chi connectivity index (χ4n) is 3.12. The van der Waals surface area contributed by atoms with Crippen molar-refractivity contribution in [1.29, 1.82) is 0 Å². The van der Waals surface area contributed by atoms with Crippen molar-refractivity contribution in [3.8, 4) is 0 Å². The minimum atomic E-state index is -0.874. The zero-order valence-corrected chi connectivity index (χ0v) is 13.1. The highest BCUT2D eigenvalue weighted by molar-refractivity contribution is 5.89. The van der Waals surface area contributed by atoms with Gasteiger partial charge in [0.05, 0.1) is 11.2 Å². The fourth-order valence-corrected chi connectivity index (χ4v) is 3.12. The molecule has 4 nitrogen and oxygen atoms in total. The molecule has 1 aromatic rings. The van der Waals surface area contributed by atoms with Crippen LogP contribution in [0.25, 0.3) is 0 Å². The predicted octanol–water partition coefficient (Wildman–Crippen LogP) is 3.84. The largest absolute Gasteiger partial charge is 0.478 e. The number of carboxylic acids is 1. The highest BCUT2D eigenvalue weighted by Gasteiger charge is 2.34. The Kier molecular flexibility index (Phi) is 4.88. The van der Waals surface area contributed by atoms with E-state index in [4.69, 9.17) is 9.84 Å². The molecule has 1 fully saturated rings. The standard InChI is InChI=1S/C17H25NO3/c1-4-17(5-2)11-14(8-9-21-17)18-13-6-7-15(16(19)20)12(3)10-13/h6-7,10,14,18H,4-5,8-9,11H2,1-3H3,(H,19,20). The van der Waals surface area contributed by atoms with Crippen LogP contribution in [-0.2, 0) is 4.74 Å². The molecule has 2 rings (SSSR count). The van der Waals surface area contributed by atoms with Crippen molar-refractivity contribution >= 4 is 11.7 Å². The van der Waals surface area contributed by atoms with Crippen LogP contribution in [0.2, 0.25) is 0 Å². The molecular weight excluding hydrogens is 266 g/mol. The molecule has 2 N–H and O–H groups in total. The van der Waals surface area contributed by atoms with Crippen LogP contribution in [-0.4, -0.2) is 29.3 Å². The van der Waals surface area contributed by atoms with E-state index in [0.29, 0.717) is 11.6 Å². The van der Waals surface area contributed by atoms with E-state index in [0.717, 1.165) is 43.5 Å². The molecule has 1 aromatic carbocycles. The van der Waals surface area contributed by atoms with Gasteiger partial charge in [0, 0.05) is 18.3 Å². The minimum absolute atomic E-state index is 0.00797. The molecule has 1 unspecified atom stereocenters. The van der Waals surface area contributed by atoms with Crippen LogP contribution >= 0.6 is 0 Å². The van der Waals surface area contributed by atoms with Crippen LogP contribution in [0.1, 0.15) is 55.5 Å². The number of nitrogens with one attached hydrogen (secondary N) is 1. The Morgan fingerprint density at radius 2 is 2.14 bits per heavy atom. The zero-order valence-electron chi connectivity index (χ0n) is 13.1. The van der Waals surface area contributed by atoms with Crippen molar-refractivity contribution in [2.45, 2.75) is 58.1 Å². The SMILES string of the molecule is CCC1(CC)CC(Nc2ccc(C(=O)O)c(C)c2)CCO1. The second kappa shape index (κ2) is 6.48. The summed E-state index contributed by atoms with van der Waals surface area (Å²) < 4.78 is 5.99. The van der Waals surface area contributed by atoms with Gasteiger partial charge in [-0.15, -0.1) is 0 Å². The molecule has 0 spiro atoms. The van der Waals surface area contributed by atoms with Gasteiger partial charge in [0.1, 0.15) is 0 Å². The maximum atomic E-state index is 11.0. The monoisotopic (exact) mass is 291 g/mol. The van der Waals surface area contributed by atoms with E-state index >= 15 is 0 Å². The van der Waals surface area contributed by atoms with Gasteiger partial charge < -0.3 is 15.2 Å². The Balaban J connectivity index is 2.08. The molecule has 1 aliphatic heterocycles. The van der Waals surface area contributed by atoms with E-state index in [9.17, 15) is 4.79 Å². The van der Waals surface area contributed by atoms with Crippen molar-refractivity contribution in [2.24, 2.45) is 0 Å². The van der Waals surface area contributed by atoms with Crippen molar-refractivity contribution in [3.05, 3.63) is 29.3 Å². The van der Waals surface area contributed by atoms with Crippen LogP contribution in [0.3, 0.4) is 0 Å². The Morgan fingerprint density at radius 3 is 2.71 bits per heavy atom. The second-order valence-corrected chi connectivity index (χ2v) is 5.91. The Morgan fingerprint density at radius 1 is 1.43 bits per heavy atom. The highest BCUT2D eigenvalue weighted by Crippen LogP contribution is 2.33. The number of carboxylic acid groups (broad SMARTS) is 1. The number of hydrogen-bond acceptors (Lipinski definition) is 3. The lowest BCUT2D eigenvalue weighted by Gasteiger charge is -2.40. The molecule has 1 atom stereocenters. The Labute approximate surface area is 126 Å². The summed E-state index contributed by atoms with van der Waals surface area (Å²) in [5, 5.41) is 12.6. The molecular formula is C17H25NO3. The molecule has 0 amide bonds. The van der Waals surface area contributed by atoms with Crippen molar-refractivity contribution in [3.63, 3.8) is 0 Å². The molecule has 116 valence electrons. The number of aryl methyl sites for hydroxylation is 1. The van der Waals surface area contributed by atoms with Crippen molar-refractivity contribution < 1.29 is 14.6 Å². The quantitative estimate of drug-likeness (QED) is 0.865. The molecule has 21 heavy (non-hydrogen) atoms. The van der Waals surface area contributed by atoms with E-state index in [1.54, 1.807) is 6.07 Å². The molecule has 4 heteroatoms. The van der Waals surface area contributed by atoms with Crippen LogP contribution in [0.5, 0.6) is 0 Å². The van der Waals surface area contributed by atoms with Gasteiger partial charge in [-0.05, 0) is 56.4 Å². The number of benzene rings is 1. The van der Waals surface area contributed by atoms with Gasteiger partial charge in [-0.3, -0.25) is 0 Å². The highest BCUT2D eigenvalue weighted by atomic mass is 16.5. The first kappa shape index (κ1) is 15.8. The molecule has 0 saturated carbocycles. The van der Waals surface area contributed by atoms with E-state index in [2.05, 4.69) is 19.2 Å². The number of hydrogen-bond donors (Lipinski definition) is 2. The van der Waals surface area contributed by atoms with E-state index < -0.39 is 5.97 Å². The van der Waals surface area contributed by atoms with Gasteiger partial charge >= 0.3 is 5.97 Å². The first-order valence-corrected chi connectivity index (χ1v) is 7.74. The van der Waals surface area contributed by atoms with Crippen LogP contribution in [0, 0.1) is 6.92 Å². The maximum absolute atomic E-state index is 11.0. The lowest BCUT2D eigenvalue weighted by Crippen LogP contribution is -2.43. The minimum Gasteiger partial charge on any atom is -0.478 e. The molecule has 1 heterocycles. The molecule has 0 aliphatic carbocycles. The lowest BCUT2D eigenvalue weighted by molar-refractivity contribution is -0.0864.